The molecule has 3 aromatic rings. The van der Waals surface area contributed by atoms with Crippen LogP contribution in [0, 0.1) is 5.82 Å². The zero-order valence-electron chi connectivity index (χ0n) is 19.9. The quantitative estimate of drug-likeness (QED) is 0.504. The van der Waals surface area contributed by atoms with Crippen molar-refractivity contribution in [3.63, 3.8) is 0 Å². The van der Waals surface area contributed by atoms with Crippen LogP contribution in [0.15, 0.2) is 65.0 Å². The van der Waals surface area contributed by atoms with Gasteiger partial charge in [0.2, 0.25) is 5.91 Å². The Balaban J connectivity index is 1.18. The molecule has 1 aromatic heterocycles. The lowest BCUT2D eigenvalue weighted by atomic mass is 10.1. The molecular formula is C25H28FN5O3S2. The molecule has 8 nitrogen and oxygen atoms in total. The van der Waals surface area contributed by atoms with Crippen LogP contribution in [0.1, 0.15) is 24.9 Å². The molecule has 0 aliphatic carbocycles. The minimum atomic E-state index is -3.74. The lowest BCUT2D eigenvalue weighted by Crippen LogP contribution is -2.52. The van der Waals surface area contributed by atoms with Crippen LogP contribution >= 0.6 is 11.3 Å². The van der Waals surface area contributed by atoms with Gasteiger partial charge in [-0.05, 0) is 55.3 Å². The lowest BCUT2D eigenvalue weighted by molar-refractivity contribution is -0.122. The molecule has 5 rings (SSSR count). The highest BCUT2D eigenvalue weighted by Gasteiger charge is 2.38. The highest BCUT2D eigenvalue weighted by Crippen LogP contribution is 2.28. The third-order valence-corrected chi connectivity index (χ3v) is 9.15. The topological polar surface area (TPSA) is 85.8 Å². The molecule has 11 heteroatoms. The Labute approximate surface area is 214 Å². The number of benzene rings is 2. The molecular weight excluding hydrogens is 501 g/mol. The molecule has 2 saturated heterocycles. The number of nitrogens with one attached hydrogen (secondary N) is 1. The molecule has 1 unspecified atom stereocenters. The van der Waals surface area contributed by atoms with Crippen LogP contribution in [-0.4, -0.2) is 67.9 Å². The zero-order valence-corrected chi connectivity index (χ0v) is 21.5. The fraction of sp³-hybridized carbons (Fsp3) is 0.360. The van der Waals surface area contributed by atoms with Crippen LogP contribution < -0.4 is 9.62 Å². The minimum absolute atomic E-state index is 0.0477. The molecule has 0 spiro atoms. The average Bonchev–Trinajstić information content (AvgIpc) is 3.53. The van der Waals surface area contributed by atoms with Gasteiger partial charge in [0.05, 0.1) is 10.9 Å². The predicted molar refractivity (Wildman–Crippen MR) is 138 cm³/mol. The molecule has 2 atom stereocenters. The van der Waals surface area contributed by atoms with E-state index in [2.05, 4.69) is 26.4 Å². The number of piperazine rings is 1. The van der Waals surface area contributed by atoms with Crippen molar-refractivity contribution in [2.75, 3.05) is 42.3 Å². The molecule has 36 heavy (non-hydrogen) atoms. The molecule has 3 heterocycles. The SMILES string of the molecule is C[C@@H](c1ccc(F)cc1)N1CCN(C2CCN(c3ccc(S(=O)(=O)Nc4nccs4)cc3)C2=O)CC1. The average molecular weight is 530 g/mol. The maximum Gasteiger partial charge on any atom is 0.263 e. The van der Waals surface area contributed by atoms with Crippen molar-refractivity contribution in [3.8, 4) is 0 Å². The molecule has 2 aliphatic heterocycles. The number of rotatable bonds is 7. The van der Waals surface area contributed by atoms with Crippen LogP contribution in [0.5, 0.6) is 0 Å². The number of sulfonamides is 1. The second-order valence-corrected chi connectivity index (χ2v) is 11.6. The van der Waals surface area contributed by atoms with Gasteiger partial charge in [0.15, 0.2) is 5.13 Å². The van der Waals surface area contributed by atoms with Crippen LogP contribution in [-0.2, 0) is 14.8 Å². The first-order chi connectivity index (χ1) is 17.3. The van der Waals surface area contributed by atoms with E-state index in [9.17, 15) is 17.6 Å². The van der Waals surface area contributed by atoms with Crippen LogP contribution in [0.25, 0.3) is 0 Å². The van der Waals surface area contributed by atoms with E-state index in [0.717, 1.165) is 38.2 Å². The summed E-state index contributed by atoms with van der Waals surface area (Å²) in [5, 5.41) is 2.01. The largest absolute Gasteiger partial charge is 0.311 e. The van der Waals surface area contributed by atoms with Gasteiger partial charge in [-0.25, -0.2) is 17.8 Å². The van der Waals surface area contributed by atoms with Crippen molar-refractivity contribution in [2.24, 2.45) is 0 Å². The first-order valence-corrected chi connectivity index (χ1v) is 14.3. The molecule has 2 aromatic carbocycles. The maximum atomic E-state index is 13.3. The maximum absolute atomic E-state index is 13.3. The lowest BCUT2D eigenvalue weighted by Gasteiger charge is -2.40. The number of carbonyl (C=O) groups excluding carboxylic acids is 1. The van der Waals surface area contributed by atoms with Crippen molar-refractivity contribution in [3.05, 3.63) is 71.5 Å². The van der Waals surface area contributed by atoms with Crippen molar-refractivity contribution < 1.29 is 17.6 Å². The van der Waals surface area contributed by atoms with E-state index in [4.69, 9.17) is 0 Å². The van der Waals surface area contributed by atoms with Gasteiger partial charge in [-0.15, -0.1) is 11.3 Å². The fourth-order valence-electron chi connectivity index (χ4n) is 4.90. The Kier molecular flexibility index (Phi) is 7.07. The summed E-state index contributed by atoms with van der Waals surface area (Å²) in [4.78, 5) is 23.7. The van der Waals surface area contributed by atoms with E-state index in [1.165, 1.54) is 41.8 Å². The molecule has 1 N–H and O–H groups in total. The number of hydrogen-bond acceptors (Lipinski definition) is 7. The predicted octanol–water partition coefficient (Wildman–Crippen LogP) is 3.57. The molecule has 1 amide bonds. The van der Waals surface area contributed by atoms with Crippen molar-refractivity contribution in [1.82, 2.24) is 14.8 Å². The number of anilines is 2. The highest BCUT2D eigenvalue weighted by molar-refractivity contribution is 7.93. The number of aromatic nitrogens is 1. The van der Waals surface area contributed by atoms with Crippen LogP contribution in [0.4, 0.5) is 15.2 Å². The van der Waals surface area contributed by atoms with Gasteiger partial charge in [0.1, 0.15) is 5.82 Å². The molecule has 0 bridgehead atoms. The first-order valence-electron chi connectivity index (χ1n) is 11.9. The Morgan fingerprint density at radius 1 is 1.03 bits per heavy atom. The van der Waals surface area contributed by atoms with E-state index in [0.29, 0.717) is 17.4 Å². The summed E-state index contributed by atoms with van der Waals surface area (Å²) in [6.07, 6.45) is 2.27. The monoisotopic (exact) mass is 529 g/mol. The molecule has 2 fully saturated rings. The van der Waals surface area contributed by atoms with E-state index in [-0.39, 0.29) is 28.7 Å². The van der Waals surface area contributed by atoms with Crippen molar-refractivity contribution >= 4 is 38.1 Å². The number of nitrogens with zero attached hydrogens (tertiary/aromatic N) is 4. The van der Waals surface area contributed by atoms with E-state index in [1.54, 1.807) is 22.4 Å². The zero-order chi connectivity index (χ0) is 25.3. The van der Waals surface area contributed by atoms with Crippen molar-refractivity contribution in [1.29, 1.82) is 0 Å². The smallest absolute Gasteiger partial charge is 0.263 e. The first kappa shape index (κ1) is 24.8. The second-order valence-electron chi connectivity index (χ2n) is 9.03. The summed E-state index contributed by atoms with van der Waals surface area (Å²) < 4.78 is 40.9. The van der Waals surface area contributed by atoms with Gasteiger partial charge in [-0.1, -0.05) is 12.1 Å². The third-order valence-electron chi connectivity index (χ3n) is 6.98. The van der Waals surface area contributed by atoms with Gasteiger partial charge in [0.25, 0.3) is 10.0 Å². The summed E-state index contributed by atoms with van der Waals surface area (Å²) in [5.74, 6) is -0.185. The number of hydrogen-bond donors (Lipinski definition) is 1. The fourth-order valence-corrected chi connectivity index (χ4v) is 6.69. The molecule has 0 radical (unpaired) electrons. The van der Waals surface area contributed by atoms with E-state index >= 15 is 0 Å². The summed E-state index contributed by atoms with van der Waals surface area (Å²) in [6, 6.07) is 13.0. The van der Waals surface area contributed by atoms with Crippen molar-refractivity contribution in [2.45, 2.75) is 30.3 Å². The second kappa shape index (κ2) is 10.3. The number of amides is 1. The third kappa shape index (κ3) is 5.15. The number of halogens is 1. The summed E-state index contributed by atoms with van der Waals surface area (Å²) >= 11 is 1.21. The van der Waals surface area contributed by atoms with Gasteiger partial charge in [-0.3, -0.25) is 19.3 Å². The standard InChI is InChI=1S/C25H28FN5O3S2/c1-18(19-2-4-20(26)5-3-19)29-13-15-30(16-14-29)23-10-12-31(24(23)32)21-6-8-22(9-7-21)36(33,34)28-25-27-11-17-35-25/h2-9,11,17-18,23H,10,12-16H2,1H3,(H,27,28)/t18-,23?/m0/s1. The van der Waals surface area contributed by atoms with Gasteiger partial charge < -0.3 is 4.90 Å². The van der Waals surface area contributed by atoms with Crippen LogP contribution in [0.3, 0.4) is 0 Å². The minimum Gasteiger partial charge on any atom is -0.311 e. The Hall–Kier alpha value is -2.86. The van der Waals surface area contributed by atoms with Gasteiger partial charge >= 0.3 is 0 Å². The Bertz CT molecular complexity index is 1290. The molecule has 190 valence electrons. The molecule has 2 aliphatic rings. The van der Waals surface area contributed by atoms with Crippen LogP contribution in [0.2, 0.25) is 0 Å². The number of carbonyl (C=O) groups is 1. The van der Waals surface area contributed by atoms with E-state index < -0.39 is 10.0 Å². The highest BCUT2D eigenvalue weighted by atomic mass is 32.2. The number of thiazole rings is 1. The Morgan fingerprint density at radius 3 is 2.36 bits per heavy atom. The van der Waals surface area contributed by atoms with Gasteiger partial charge in [0, 0.05) is 56.0 Å². The molecule has 0 saturated carbocycles. The summed E-state index contributed by atoms with van der Waals surface area (Å²) in [5.41, 5.74) is 1.78. The van der Waals surface area contributed by atoms with E-state index in [1.807, 2.05) is 12.1 Å². The normalized spacial score (nSPS) is 20.6. The van der Waals surface area contributed by atoms with Gasteiger partial charge in [-0.2, -0.15) is 0 Å². The Morgan fingerprint density at radius 2 is 1.72 bits per heavy atom. The summed E-state index contributed by atoms with van der Waals surface area (Å²) in [7, 11) is -3.74. The summed E-state index contributed by atoms with van der Waals surface area (Å²) in [6.45, 7) is 5.97.